The van der Waals surface area contributed by atoms with Crippen LogP contribution in [0.3, 0.4) is 0 Å². The van der Waals surface area contributed by atoms with Crippen molar-refractivity contribution in [3.63, 3.8) is 0 Å². The van der Waals surface area contributed by atoms with Crippen molar-refractivity contribution in [2.75, 3.05) is 5.32 Å². The molecule has 2 aromatic rings. The third-order valence-corrected chi connectivity index (χ3v) is 6.97. The maximum Gasteiger partial charge on any atom is 0.573 e. The zero-order valence-electron chi connectivity index (χ0n) is 15.4. The molecular formula is C20H20F3NO4S. The number of anilines is 1. The van der Waals surface area contributed by atoms with E-state index in [1.165, 1.54) is 24.3 Å². The van der Waals surface area contributed by atoms with Gasteiger partial charge in [0, 0.05) is 5.69 Å². The predicted octanol–water partition coefficient (Wildman–Crippen LogP) is 4.48. The van der Waals surface area contributed by atoms with Crippen LogP contribution in [-0.2, 0) is 21.1 Å². The van der Waals surface area contributed by atoms with Crippen LogP contribution in [-0.4, -0.2) is 25.9 Å². The van der Waals surface area contributed by atoms with Gasteiger partial charge in [-0.05, 0) is 48.7 Å². The molecule has 0 aromatic heterocycles. The van der Waals surface area contributed by atoms with Gasteiger partial charge in [-0.15, -0.1) is 13.2 Å². The standard InChI is InChI=1S/C20H20F3NO4S/c21-20(22,23)28-16-10-8-14(9-11-16)12-19(25)24-15-4-3-7-18(13-15)29(26,27)17-5-1-2-6-17/h3-4,7-11,13,17H,1-2,5-6,12H2,(H,24,25). The highest BCUT2D eigenvalue weighted by atomic mass is 32.2. The molecule has 0 heterocycles. The molecule has 29 heavy (non-hydrogen) atoms. The molecule has 9 heteroatoms. The first-order valence-corrected chi connectivity index (χ1v) is 10.7. The van der Waals surface area contributed by atoms with Crippen molar-refractivity contribution in [2.24, 2.45) is 0 Å². The Kier molecular flexibility index (Phi) is 6.16. The fraction of sp³-hybridized carbons (Fsp3) is 0.350. The summed E-state index contributed by atoms with van der Waals surface area (Å²) in [4.78, 5) is 12.4. The van der Waals surface area contributed by atoms with E-state index in [1.807, 2.05) is 0 Å². The lowest BCUT2D eigenvalue weighted by molar-refractivity contribution is -0.274. The molecule has 0 aliphatic heterocycles. The quantitative estimate of drug-likeness (QED) is 0.738. The lowest BCUT2D eigenvalue weighted by atomic mass is 10.1. The summed E-state index contributed by atoms with van der Waals surface area (Å²) in [5.74, 6) is -0.781. The van der Waals surface area contributed by atoms with E-state index in [-0.39, 0.29) is 22.3 Å². The number of hydrogen-bond acceptors (Lipinski definition) is 4. The second kappa shape index (κ2) is 8.44. The van der Waals surface area contributed by atoms with E-state index in [1.54, 1.807) is 12.1 Å². The van der Waals surface area contributed by atoms with Crippen molar-refractivity contribution in [1.29, 1.82) is 0 Å². The number of carbonyl (C=O) groups excluding carboxylic acids is 1. The monoisotopic (exact) mass is 427 g/mol. The summed E-state index contributed by atoms with van der Waals surface area (Å²) in [5.41, 5.74) is 0.845. The van der Waals surface area contributed by atoms with E-state index in [0.29, 0.717) is 24.1 Å². The minimum atomic E-state index is -4.78. The van der Waals surface area contributed by atoms with E-state index >= 15 is 0 Å². The largest absolute Gasteiger partial charge is 0.573 e. The van der Waals surface area contributed by atoms with E-state index in [2.05, 4.69) is 10.1 Å². The van der Waals surface area contributed by atoms with Gasteiger partial charge in [0.25, 0.3) is 0 Å². The second-order valence-corrected chi connectivity index (χ2v) is 9.12. The number of benzene rings is 2. The highest BCUT2D eigenvalue weighted by Crippen LogP contribution is 2.30. The number of hydrogen-bond donors (Lipinski definition) is 1. The molecule has 0 bridgehead atoms. The molecule has 5 nitrogen and oxygen atoms in total. The summed E-state index contributed by atoms with van der Waals surface area (Å²) < 4.78 is 65.7. The van der Waals surface area contributed by atoms with Crippen molar-refractivity contribution in [3.8, 4) is 5.75 Å². The number of amides is 1. The highest BCUT2D eigenvalue weighted by molar-refractivity contribution is 7.92. The summed E-state index contributed by atoms with van der Waals surface area (Å²) in [6.07, 6.45) is -1.77. The first-order valence-electron chi connectivity index (χ1n) is 9.12. The first-order chi connectivity index (χ1) is 13.6. The van der Waals surface area contributed by atoms with Crippen LogP contribution >= 0.6 is 0 Å². The van der Waals surface area contributed by atoms with E-state index in [0.717, 1.165) is 25.0 Å². The zero-order chi connectivity index (χ0) is 21.1. The Morgan fingerprint density at radius 2 is 1.72 bits per heavy atom. The molecule has 1 fully saturated rings. The Balaban J connectivity index is 1.64. The molecule has 0 saturated heterocycles. The SMILES string of the molecule is O=C(Cc1ccc(OC(F)(F)F)cc1)Nc1cccc(S(=O)(=O)C2CCCC2)c1. The average molecular weight is 427 g/mol. The molecule has 1 amide bonds. The number of halogens is 3. The van der Waals surface area contributed by atoms with Crippen molar-refractivity contribution in [3.05, 3.63) is 54.1 Å². The van der Waals surface area contributed by atoms with E-state index < -0.39 is 22.1 Å². The van der Waals surface area contributed by atoms with Gasteiger partial charge in [-0.3, -0.25) is 4.79 Å². The van der Waals surface area contributed by atoms with Gasteiger partial charge in [0.2, 0.25) is 5.91 Å². The van der Waals surface area contributed by atoms with Crippen molar-refractivity contribution >= 4 is 21.4 Å². The summed E-state index contributed by atoms with van der Waals surface area (Å²) in [6, 6.07) is 11.1. The molecular weight excluding hydrogens is 407 g/mol. The normalized spacial score (nSPS) is 15.3. The van der Waals surface area contributed by atoms with E-state index in [9.17, 15) is 26.4 Å². The Bertz CT molecular complexity index is 966. The van der Waals surface area contributed by atoms with Crippen LogP contribution in [0.4, 0.5) is 18.9 Å². The van der Waals surface area contributed by atoms with Crippen LogP contribution in [0.2, 0.25) is 0 Å². The second-order valence-electron chi connectivity index (χ2n) is 6.90. The van der Waals surface area contributed by atoms with Gasteiger partial charge >= 0.3 is 6.36 Å². The van der Waals surface area contributed by atoms with Gasteiger partial charge < -0.3 is 10.1 Å². The number of rotatable bonds is 6. The molecule has 0 unspecified atom stereocenters. The smallest absolute Gasteiger partial charge is 0.406 e. The fourth-order valence-electron chi connectivity index (χ4n) is 3.34. The molecule has 1 aliphatic carbocycles. The molecule has 1 N–H and O–H groups in total. The van der Waals surface area contributed by atoms with Crippen molar-refractivity contribution in [1.82, 2.24) is 0 Å². The van der Waals surface area contributed by atoms with Crippen LogP contribution in [0.25, 0.3) is 0 Å². The van der Waals surface area contributed by atoms with Crippen molar-refractivity contribution in [2.45, 2.75) is 48.6 Å². The topological polar surface area (TPSA) is 72.5 Å². The predicted molar refractivity (Wildman–Crippen MR) is 101 cm³/mol. The van der Waals surface area contributed by atoms with Gasteiger partial charge in [0.15, 0.2) is 9.84 Å². The molecule has 2 aromatic carbocycles. The van der Waals surface area contributed by atoms with Gasteiger partial charge in [0.05, 0.1) is 16.6 Å². The van der Waals surface area contributed by atoms with Crippen LogP contribution in [0.5, 0.6) is 5.75 Å². The number of alkyl halides is 3. The minimum absolute atomic E-state index is 0.0775. The Labute approximate surface area is 166 Å². The van der Waals surface area contributed by atoms with Gasteiger partial charge in [-0.2, -0.15) is 0 Å². The maximum atomic E-state index is 12.7. The highest BCUT2D eigenvalue weighted by Gasteiger charge is 2.31. The van der Waals surface area contributed by atoms with E-state index in [4.69, 9.17) is 0 Å². The first kappa shape index (κ1) is 21.2. The number of ether oxygens (including phenoxy) is 1. The van der Waals surface area contributed by atoms with Crippen LogP contribution in [0.15, 0.2) is 53.4 Å². The lowest BCUT2D eigenvalue weighted by Gasteiger charge is -2.13. The maximum absolute atomic E-state index is 12.7. The summed E-state index contributed by atoms with van der Waals surface area (Å²) >= 11 is 0. The third kappa shape index (κ3) is 5.72. The zero-order valence-corrected chi connectivity index (χ0v) is 16.2. The fourth-order valence-corrected chi connectivity index (χ4v) is 5.24. The lowest BCUT2D eigenvalue weighted by Crippen LogP contribution is -2.19. The molecule has 0 radical (unpaired) electrons. The third-order valence-electron chi connectivity index (χ3n) is 4.71. The van der Waals surface area contributed by atoms with Crippen LogP contribution < -0.4 is 10.1 Å². The number of sulfone groups is 1. The van der Waals surface area contributed by atoms with Crippen LogP contribution in [0, 0.1) is 0 Å². The average Bonchev–Trinajstić information content (AvgIpc) is 3.18. The summed E-state index contributed by atoms with van der Waals surface area (Å²) in [6.45, 7) is 0. The number of carbonyl (C=O) groups is 1. The molecule has 0 spiro atoms. The summed E-state index contributed by atoms with van der Waals surface area (Å²) in [5, 5.41) is 2.25. The molecule has 1 saturated carbocycles. The molecule has 0 atom stereocenters. The Morgan fingerprint density at radius 3 is 2.34 bits per heavy atom. The number of nitrogens with one attached hydrogen (secondary N) is 1. The van der Waals surface area contributed by atoms with Gasteiger partial charge in [-0.25, -0.2) is 8.42 Å². The summed E-state index contributed by atoms with van der Waals surface area (Å²) in [7, 11) is -3.43. The van der Waals surface area contributed by atoms with Gasteiger partial charge in [0.1, 0.15) is 5.75 Å². The molecule has 1 aliphatic rings. The van der Waals surface area contributed by atoms with Crippen molar-refractivity contribution < 1.29 is 31.1 Å². The Hall–Kier alpha value is -2.55. The molecule has 156 valence electrons. The minimum Gasteiger partial charge on any atom is -0.406 e. The Morgan fingerprint density at radius 1 is 1.07 bits per heavy atom. The van der Waals surface area contributed by atoms with Crippen LogP contribution in [0.1, 0.15) is 31.2 Å². The molecule has 3 rings (SSSR count). The van der Waals surface area contributed by atoms with Gasteiger partial charge in [-0.1, -0.05) is 31.0 Å².